The van der Waals surface area contributed by atoms with Crippen molar-refractivity contribution in [3.8, 4) is 66.9 Å². The van der Waals surface area contributed by atoms with Crippen molar-refractivity contribution >= 4 is 28.0 Å². The van der Waals surface area contributed by atoms with E-state index in [1.807, 2.05) is 0 Å². The highest BCUT2D eigenvalue weighted by Gasteiger charge is 2.38. The summed E-state index contributed by atoms with van der Waals surface area (Å²) < 4.78 is 0. The molecule has 0 aliphatic heterocycles. The summed E-state index contributed by atoms with van der Waals surface area (Å²) in [6.07, 6.45) is 0. The maximum atomic E-state index is 5.35. The Morgan fingerprint density at radius 2 is 0.871 bits per heavy atom. The topological polar surface area (TPSA) is 16.1 Å². The second-order valence-electron chi connectivity index (χ2n) is 16.7. The number of hydrogen-bond acceptors (Lipinski definition) is 2. The van der Waals surface area contributed by atoms with Gasteiger partial charge >= 0.3 is 0 Å². The molecule has 2 nitrogen and oxygen atoms in total. The van der Waals surface area contributed by atoms with E-state index in [0.29, 0.717) is 0 Å². The maximum Gasteiger partial charge on any atom is 0.0788 e. The summed E-state index contributed by atoms with van der Waals surface area (Å²) in [5.41, 5.74) is 20.8. The van der Waals surface area contributed by atoms with Gasteiger partial charge in [0, 0.05) is 38.7 Å². The molecule has 62 heavy (non-hydrogen) atoms. The number of fused-ring (bicyclic) bond motifs is 4. The molecule has 0 fully saturated rings. The fourth-order valence-corrected chi connectivity index (χ4v) is 9.50. The van der Waals surface area contributed by atoms with Crippen molar-refractivity contribution in [2.24, 2.45) is 0 Å². The van der Waals surface area contributed by atoms with Crippen molar-refractivity contribution in [1.29, 1.82) is 0 Å². The van der Waals surface area contributed by atoms with E-state index in [1.54, 1.807) is 0 Å². The smallest absolute Gasteiger partial charge is 0.0788 e. The number of nitrogens with zero attached hydrogens (tertiary/aromatic N) is 2. The maximum absolute atomic E-state index is 5.35. The Morgan fingerprint density at radius 3 is 1.56 bits per heavy atom. The third kappa shape index (κ3) is 6.49. The van der Waals surface area contributed by atoms with Gasteiger partial charge in [-0.25, -0.2) is 4.98 Å². The average Bonchev–Trinajstić information content (AvgIpc) is 3.58. The van der Waals surface area contributed by atoms with Crippen LogP contribution in [-0.4, -0.2) is 4.98 Å². The number of aromatic nitrogens is 1. The Bertz CT molecular complexity index is 3220. The van der Waals surface area contributed by atoms with E-state index in [-0.39, 0.29) is 5.41 Å². The molecule has 0 N–H and O–H groups in total. The molecule has 1 aliphatic rings. The molecule has 9 aromatic carbocycles. The van der Waals surface area contributed by atoms with Gasteiger partial charge in [-0.2, -0.15) is 0 Å². The Kier molecular flexibility index (Phi) is 9.20. The molecule has 0 atom stereocenters. The molecular formula is C60H44N2. The van der Waals surface area contributed by atoms with Gasteiger partial charge in [0.1, 0.15) is 0 Å². The second-order valence-corrected chi connectivity index (χ2v) is 16.7. The van der Waals surface area contributed by atoms with Crippen LogP contribution in [0.3, 0.4) is 0 Å². The third-order valence-corrected chi connectivity index (χ3v) is 12.7. The number of rotatable bonds is 8. The molecule has 294 valence electrons. The lowest BCUT2D eigenvalue weighted by molar-refractivity contribution is 0.660. The van der Waals surface area contributed by atoms with Gasteiger partial charge in [-0.05, 0) is 92.5 Å². The number of pyridine rings is 1. The first-order valence-corrected chi connectivity index (χ1v) is 21.5. The van der Waals surface area contributed by atoms with E-state index in [0.717, 1.165) is 50.3 Å². The molecule has 1 aliphatic carbocycles. The first-order valence-electron chi connectivity index (χ1n) is 21.5. The molecule has 1 heterocycles. The molecule has 0 saturated carbocycles. The van der Waals surface area contributed by atoms with Crippen molar-refractivity contribution < 1.29 is 0 Å². The summed E-state index contributed by atoms with van der Waals surface area (Å²) >= 11 is 0. The molecule has 0 saturated heterocycles. The monoisotopic (exact) mass is 792 g/mol. The van der Waals surface area contributed by atoms with Crippen molar-refractivity contribution in [2.75, 3.05) is 4.90 Å². The molecule has 10 aromatic rings. The molecular weight excluding hydrogens is 749 g/mol. The normalized spacial score (nSPS) is 12.5. The lowest BCUT2D eigenvalue weighted by Gasteiger charge is -2.30. The van der Waals surface area contributed by atoms with E-state index >= 15 is 0 Å². The molecule has 2 heteroatoms. The average molecular weight is 793 g/mol. The molecule has 0 spiro atoms. The van der Waals surface area contributed by atoms with Gasteiger partial charge in [0.2, 0.25) is 0 Å². The van der Waals surface area contributed by atoms with Crippen molar-refractivity contribution in [3.63, 3.8) is 0 Å². The lowest BCUT2D eigenvalue weighted by atomic mass is 9.81. The number of benzene rings is 9. The zero-order valence-corrected chi connectivity index (χ0v) is 34.8. The van der Waals surface area contributed by atoms with Crippen LogP contribution in [0.4, 0.5) is 17.1 Å². The summed E-state index contributed by atoms with van der Waals surface area (Å²) in [5, 5.41) is 1.14. The Morgan fingerprint density at radius 1 is 0.355 bits per heavy atom. The zero-order valence-electron chi connectivity index (χ0n) is 34.8. The summed E-state index contributed by atoms with van der Waals surface area (Å²) in [4.78, 5) is 7.83. The van der Waals surface area contributed by atoms with Crippen LogP contribution in [0.2, 0.25) is 0 Å². The standard InChI is InChI=1S/C60H44N2/c1-60(2)53-25-16-28-57(58(53)51-38-35-48(40-54(51)60)59-52(45-21-10-5-11-22-45)39-47-23-12-14-26-55(47)61-59)62(49-36-33-44(34-37-49)42-19-8-4-9-20-42)56-27-15-13-24-50(56)46-31-29-43(30-32-46)41-17-6-3-7-18-41/h3-40H,1-2H3. The van der Waals surface area contributed by atoms with Crippen LogP contribution in [0.15, 0.2) is 231 Å². The summed E-state index contributed by atoms with van der Waals surface area (Å²) in [7, 11) is 0. The van der Waals surface area contributed by atoms with E-state index < -0.39 is 0 Å². The lowest BCUT2D eigenvalue weighted by Crippen LogP contribution is -2.16. The van der Waals surface area contributed by atoms with Crippen molar-refractivity contribution in [3.05, 3.63) is 242 Å². The number of anilines is 3. The number of hydrogen-bond donors (Lipinski definition) is 0. The fraction of sp³-hybridized carbons (Fsp3) is 0.0500. The predicted octanol–water partition coefficient (Wildman–Crippen LogP) is 16.3. The van der Waals surface area contributed by atoms with Gasteiger partial charge < -0.3 is 4.90 Å². The van der Waals surface area contributed by atoms with Gasteiger partial charge in [-0.3, -0.25) is 0 Å². The molecule has 11 rings (SSSR count). The third-order valence-electron chi connectivity index (χ3n) is 12.7. The molecule has 0 bridgehead atoms. The van der Waals surface area contributed by atoms with Crippen LogP contribution >= 0.6 is 0 Å². The van der Waals surface area contributed by atoms with Crippen LogP contribution in [0.25, 0.3) is 77.8 Å². The molecule has 0 unspecified atom stereocenters. The van der Waals surface area contributed by atoms with Crippen LogP contribution in [0.5, 0.6) is 0 Å². The highest BCUT2D eigenvalue weighted by atomic mass is 15.1. The predicted molar refractivity (Wildman–Crippen MR) is 261 cm³/mol. The zero-order chi connectivity index (χ0) is 41.6. The largest absolute Gasteiger partial charge is 0.309 e. The van der Waals surface area contributed by atoms with Gasteiger partial charge in [-0.1, -0.05) is 202 Å². The first kappa shape index (κ1) is 37.2. The van der Waals surface area contributed by atoms with Crippen molar-refractivity contribution in [2.45, 2.75) is 19.3 Å². The molecule has 0 radical (unpaired) electrons. The quantitative estimate of drug-likeness (QED) is 0.152. The van der Waals surface area contributed by atoms with Crippen molar-refractivity contribution in [1.82, 2.24) is 4.98 Å². The van der Waals surface area contributed by atoms with Crippen LogP contribution in [0.1, 0.15) is 25.0 Å². The first-order chi connectivity index (χ1) is 30.5. The van der Waals surface area contributed by atoms with Crippen LogP contribution in [0, 0.1) is 0 Å². The van der Waals surface area contributed by atoms with E-state index in [1.165, 1.54) is 55.6 Å². The molecule has 0 amide bonds. The van der Waals surface area contributed by atoms with E-state index in [2.05, 4.69) is 249 Å². The SMILES string of the molecule is CC1(C)c2cc(-c3nc4ccccc4cc3-c3ccccc3)ccc2-c2c(N(c3ccc(-c4ccccc4)cc3)c3ccccc3-c3ccc(-c4ccccc4)cc3)cccc21. The highest BCUT2D eigenvalue weighted by molar-refractivity contribution is 5.99. The summed E-state index contributed by atoms with van der Waals surface area (Å²) in [6.45, 7) is 4.75. The highest BCUT2D eigenvalue weighted by Crippen LogP contribution is 2.56. The minimum Gasteiger partial charge on any atom is -0.309 e. The van der Waals surface area contributed by atoms with Gasteiger partial charge in [0.15, 0.2) is 0 Å². The second kappa shape index (κ2) is 15.3. The Labute approximate surface area is 364 Å². The Hall–Kier alpha value is -7.81. The van der Waals surface area contributed by atoms with E-state index in [9.17, 15) is 0 Å². The van der Waals surface area contributed by atoms with Gasteiger partial charge in [0.05, 0.1) is 22.6 Å². The summed E-state index contributed by atoms with van der Waals surface area (Å²) in [5.74, 6) is 0. The minimum absolute atomic E-state index is 0.268. The van der Waals surface area contributed by atoms with Gasteiger partial charge in [0.25, 0.3) is 0 Å². The summed E-state index contributed by atoms with van der Waals surface area (Å²) in [6, 6.07) is 83.4. The number of para-hydroxylation sites is 2. The van der Waals surface area contributed by atoms with Crippen LogP contribution < -0.4 is 4.90 Å². The van der Waals surface area contributed by atoms with Crippen LogP contribution in [-0.2, 0) is 5.41 Å². The Balaban J connectivity index is 1.09. The van der Waals surface area contributed by atoms with Gasteiger partial charge in [-0.15, -0.1) is 0 Å². The minimum atomic E-state index is -0.268. The molecule has 1 aromatic heterocycles. The van der Waals surface area contributed by atoms with E-state index in [4.69, 9.17) is 4.98 Å². The fourth-order valence-electron chi connectivity index (χ4n) is 9.50.